The minimum absolute atomic E-state index is 0.0266. The summed E-state index contributed by atoms with van der Waals surface area (Å²) in [6.45, 7) is 0.485. The first-order chi connectivity index (χ1) is 10.1. The number of halogens is 1. The maximum Gasteiger partial charge on any atom is 0.434 e. The molecule has 0 unspecified atom stereocenters. The van der Waals surface area contributed by atoms with Crippen LogP contribution in [0.15, 0.2) is 15.3 Å². The van der Waals surface area contributed by atoms with Crippen molar-refractivity contribution >= 4 is 17.7 Å². The fourth-order valence-electron chi connectivity index (χ4n) is 1.85. The lowest BCUT2D eigenvalue weighted by Crippen LogP contribution is -2.20. The molecule has 3 rings (SSSR count). The van der Waals surface area contributed by atoms with Crippen LogP contribution in [0.4, 0.5) is 4.79 Å². The molecule has 3 N–H and O–H groups in total. The number of benzene rings is 1. The van der Waals surface area contributed by atoms with E-state index < -0.39 is 11.8 Å². The maximum atomic E-state index is 11.1. The van der Waals surface area contributed by atoms with Crippen molar-refractivity contribution in [3.05, 3.63) is 21.6 Å². The minimum atomic E-state index is -1.05. The number of hydrogen-bond acceptors (Lipinski definition) is 7. The Labute approximate surface area is 121 Å². The molecule has 2 aromatic rings. The topological polar surface area (TPSA) is 130 Å². The zero-order valence-corrected chi connectivity index (χ0v) is 11.1. The van der Waals surface area contributed by atoms with Crippen molar-refractivity contribution in [3.8, 4) is 28.7 Å². The molecule has 10 heteroatoms. The summed E-state index contributed by atoms with van der Waals surface area (Å²) in [4.78, 5) is 22.0. The number of nitrogens with two attached hydrogens (primary N) is 1. The van der Waals surface area contributed by atoms with E-state index in [0.29, 0.717) is 0 Å². The van der Waals surface area contributed by atoms with Crippen molar-refractivity contribution in [2.24, 2.45) is 5.73 Å². The van der Waals surface area contributed by atoms with Crippen LogP contribution in [0.1, 0.15) is 0 Å². The second-order valence-corrected chi connectivity index (χ2v) is 4.34. The lowest BCUT2D eigenvalue weighted by Gasteiger charge is -2.22. The average Bonchev–Trinajstić information content (AvgIpc) is 2.88. The number of H-pyrrole nitrogens is 1. The van der Waals surface area contributed by atoms with Gasteiger partial charge in [-0.05, 0) is 6.07 Å². The number of ether oxygens (including phenoxy) is 3. The monoisotopic (exact) mass is 313 g/mol. The van der Waals surface area contributed by atoms with Gasteiger partial charge in [-0.15, -0.1) is 5.10 Å². The van der Waals surface area contributed by atoms with Crippen LogP contribution in [-0.2, 0) is 0 Å². The van der Waals surface area contributed by atoms with Crippen LogP contribution >= 0.6 is 11.6 Å². The molecule has 0 saturated carbocycles. The van der Waals surface area contributed by atoms with Crippen molar-refractivity contribution in [2.45, 2.75) is 0 Å². The highest BCUT2D eigenvalue weighted by Gasteiger charge is 2.28. The van der Waals surface area contributed by atoms with Gasteiger partial charge in [-0.2, -0.15) is 0 Å². The largest absolute Gasteiger partial charge is 0.485 e. The number of hydrogen-bond donors (Lipinski definition) is 2. The van der Waals surface area contributed by atoms with Gasteiger partial charge in [0.1, 0.15) is 13.2 Å². The van der Waals surface area contributed by atoms with Gasteiger partial charge in [0.25, 0.3) is 5.89 Å². The molecule has 1 aromatic carbocycles. The standard InChI is InChI=1S/C11H8ClN3O6/c12-5-3-4(9-14-15-11(17)21-9)6-8(19-2-1-18-6)7(5)20-10(13)16/h3H,1-2H2,(H2,13,16)(H,15,17). The van der Waals surface area contributed by atoms with E-state index in [-0.39, 0.29) is 46.9 Å². The Kier molecular flexibility index (Phi) is 3.18. The van der Waals surface area contributed by atoms with Crippen LogP contribution in [0.3, 0.4) is 0 Å². The van der Waals surface area contributed by atoms with Crippen LogP contribution in [-0.4, -0.2) is 29.5 Å². The van der Waals surface area contributed by atoms with Crippen molar-refractivity contribution in [1.29, 1.82) is 0 Å². The predicted octanol–water partition coefficient (Wildman–Crippen LogP) is 0.912. The molecule has 0 saturated heterocycles. The first-order valence-corrected chi connectivity index (χ1v) is 6.09. The quantitative estimate of drug-likeness (QED) is 0.842. The third-order valence-corrected chi connectivity index (χ3v) is 2.87. The van der Waals surface area contributed by atoms with Crippen LogP contribution in [0, 0.1) is 0 Å². The van der Waals surface area contributed by atoms with Gasteiger partial charge in [0.2, 0.25) is 5.75 Å². The van der Waals surface area contributed by atoms with Gasteiger partial charge in [0.15, 0.2) is 11.5 Å². The number of amides is 1. The molecule has 0 aliphatic carbocycles. The van der Waals surface area contributed by atoms with Crippen molar-refractivity contribution in [1.82, 2.24) is 10.2 Å². The van der Waals surface area contributed by atoms with E-state index in [2.05, 4.69) is 10.2 Å². The molecule has 2 heterocycles. The fourth-order valence-corrected chi connectivity index (χ4v) is 2.09. The van der Waals surface area contributed by atoms with Crippen molar-refractivity contribution in [3.63, 3.8) is 0 Å². The number of aromatic nitrogens is 2. The zero-order valence-electron chi connectivity index (χ0n) is 10.3. The lowest BCUT2D eigenvalue weighted by atomic mass is 10.1. The summed E-state index contributed by atoms with van der Waals surface area (Å²) in [7, 11) is 0. The number of carbonyl (C=O) groups excluding carboxylic acids is 1. The molecule has 1 aromatic heterocycles. The molecule has 0 fully saturated rings. The number of nitrogens with one attached hydrogen (secondary N) is 1. The molecule has 1 aliphatic rings. The van der Waals surface area contributed by atoms with E-state index in [1.807, 2.05) is 0 Å². The van der Waals surface area contributed by atoms with Gasteiger partial charge in [-0.3, -0.25) is 0 Å². The zero-order chi connectivity index (χ0) is 15.0. The van der Waals surface area contributed by atoms with E-state index in [1.54, 1.807) is 0 Å². The lowest BCUT2D eigenvalue weighted by molar-refractivity contribution is 0.163. The summed E-state index contributed by atoms with van der Waals surface area (Å²) in [5.74, 6) is -0.552. The van der Waals surface area contributed by atoms with Gasteiger partial charge >= 0.3 is 11.8 Å². The molecule has 0 radical (unpaired) electrons. The van der Waals surface area contributed by atoms with Crippen LogP contribution in [0.5, 0.6) is 17.2 Å². The minimum Gasteiger partial charge on any atom is -0.485 e. The molecule has 110 valence electrons. The molecular formula is C11H8ClN3O6. The fraction of sp³-hybridized carbons (Fsp3) is 0.182. The van der Waals surface area contributed by atoms with E-state index in [9.17, 15) is 9.59 Å². The van der Waals surface area contributed by atoms with Gasteiger partial charge in [-0.25, -0.2) is 14.7 Å². The normalized spacial score (nSPS) is 13.0. The molecule has 0 atom stereocenters. The van der Waals surface area contributed by atoms with Crippen LogP contribution in [0.25, 0.3) is 11.5 Å². The highest BCUT2D eigenvalue weighted by molar-refractivity contribution is 6.33. The first-order valence-electron chi connectivity index (χ1n) is 5.71. The average molecular weight is 314 g/mol. The number of fused-ring (bicyclic) bond motifs is 1. The highest BCUT2D eigenvalue weighted by atomic mass is 35.5. The van der Waals surface area contributed by atoms with Gasteiger partial charge in [0, 0.05) is 0 Å². The number of carbonyl (C=O) groups is 1. The second-order valence-electron chi connectivity index (χ2n) is 3.93. The van der Waals surface area contributed by atoms with E-state index in [4.69, 9.17) is 36.0 Å². The summed E-state index contributed by atoms with van der Waals surface area (Å²) in [6, 6.07) is 1.37. The Morgan fingerprint density at radius 3 is 2.71 bits per heavy atom. The number of nitrogens with zero attached hydrogens (tertiary/aromatic N) is 1. The SMILES string of the molecule is NC(=O)Oc1c(Cl)cc(-c2n[nH]c(=O)o2)c2c1OCCO2. The van der Waals surface area contributed by atoms with Gasteiger partial charge in [-0.1, -0.05) is 11.6 Å². The van der Waals surface area contributed by atoms with Gasteiger partial charge < -0.3 is 24.4 Å². The van der Waals surface area contributed by atoms with Crippen molar-refractivity contribution < 1.29 is 23.4 Å². The number of aromatic amines is 1. The van der Waals surface area contributed by atoms with E-state index in [0.717, 1.165) is 0 Å². The maximum absolute atomic E-state index is 11.1. The van der Waals surface area contributed by atoms with E-state index in [1.165, 1.54) is 6.07 Å². The second kappa shape index (κ2) is 5.02. The Morgan fingerprint density at radius 1 is 1.38 bits per heavy atom. The van der Waals surface area contributed by atoms with E-state index >= 15 is 0 Å². The third-order valence-electron chi connectivity index (χ3n) is 2.59. The Balaban J connectivity index is 2.21. The molecule has 9 nitrogen and oxygen atoms in total. The van der Waals surface area contributed by atoms with Crippen LogP contribution in [0.2, 0.25) is 5.02 Å². The molecule has 21 heavy (non-hydrogen) atoms. The smallest absolute Gasteiger partial charge is 0.434 e. The summed E-state index contributed by atoms with van der Waals surface area (Å²) in [5, 5.41) is 5.84. The molecule has 1 amide bonds. The number of rotatable bonds is 2. The summed E-state index contributed by atoms with van der Waals surface area (Å²) < 4.78 is 20.6. The highest BCUT2D eigenvalue weighted by Crippen LogP contribution is 2.49. The molecule has 0 spiro atoms. The third kappa shape index (κ3) is 2.38. The molecular weight excluding hydrogens is 306 g/mol. The first kappa shape index (κ1) is 13.3. The van der Waals surface area contributed by atoms with Crippen LogP contribution < -0.4 is 25.7 Å². The number of primary amides is 1. The van der Waals surface area contributed by atoms with Gasteiger partial charge in [0.05, 0.1) is 10.6 Å². The summed E-state index contributed by atoms with van der Waals surface area (Å²) in [5.41, 5.74) is 5.27. The Hall–Kier alpha value is -2.68. The Bertz CT molecular complexity index is 768. The Morgan fingerprint density at radius 2 is 2.10 bits per heavy atom. The predicted molar refractivity (Wildman–Crippen MR) is 68.8 cm³/mol. The molecule has 1 aliphatic heterocycles. The molecule has 0 bridgehead atoms. The summed E-state index contributed by atoms with van der Waals surface area (Å²) >= 11 is 6.04. The van der Waals surface area contributed by atoms with Crippen molar-refractivity contribution in [2.75, 3.05) is 13.2 Å². The summed E-state index contributed by atoms with van der Waals surface area (Å²) in [6.07, 6.45) is -1.05.